The minimum absolute atomic E-state index is 0.704. The van der Waals surface area contributed by atoms with Gasteiger partial charge in [-0.3, -0.25) is 0 Å². The van der Waals surface area contributed by atoms with E-state index in [1.54, 1.807) is 0 Å². The average Bonchev–Trinajstić information content (AvgIpc) is 2.26. The van der Waals surface area contributed by atoms with Crippen molar-refractivity contribution in [2.24, 2.45) is 0 Å². The van der Waals surface area contributed by atoms with E-state index in [0.29, 0.717) is 5.02 Å². The maximum absolute atomic E-state index is 6.06. The number of unbranched alkanes of at least 4 members (excludes halogenated alkanes) is 3. The molecule has 0 aliphatic carbocycles. The molecule has 0 atom stereocenters. The molecule has 1 rings (SSSR count). The summed E-state index contributed by atoms with van der Waals surface area (Å²) in [4.78, 5) is 0. The van der Waals surface area contributed by atoms with Crippen molar-refractivity contribution in [3.8, 4) is 5.75 Å². The second kappa shape index (κ2) is 7.86. The fourth-order valence-electron chi connectivity index (χ4n) is 1.47. The molecule has 0 amide bonds. The number of thiol groups is 1. The van der Waals surface area contributed by atoms with Gasteiger partial charge in [-0.05, 0) is 43.2 Å². The molecule has 0 N–H and O–H groups in total. The first-order valence-corrected chi connectivity index (χ1v) is 6.75. The molecule has 3 heteroatoms. The predicted octanol–water partition coefficient (Wildman–Crippen LogP) is 4.52. The van der Waals surface area contributed by atoms with Crippen LogP contribution in [0, 0.1) is 6.92 Å². The second-order valence-corrected chi connectivity index (χ2v) is 4.77. The van der Waals surface area contributed by atoms with Crippen molar-refractivity contribution in [3.63, 3.8) is 0 Å². The first-order chi connectivity index (χ1) is 7.74. The maximum Gasteiger partial charge on any atom is 0.137 e. The van der Waals surface area contributed by atoms with Crippen LogP contribution in [-0.2, 0) is 0 Å². The van der Waals surface area contributed by atoms with Crippen LogP contribution >= 0.6 is 24.2 Å². The van der Waals surface area contributed by atoms with Crippen LogP contribution in [0.5, 0.6) is 5.75 Å². The topological polar surface area (TPSA) is 9.23 Å². The number of hydrogen-bond acceptors (Lipinski definition) is 2. The molecular weight excluding hydrogens is 240 g/mol. The number of aryl methyl sites for hydroxylation is 1. The van der Waals surface area contributed by atoms with E-state index < -0.39 is 0 Å². The molecule has 0 saturated carbocycles. The van der Waals surface area contributed by atoms with E-state index in [1.807, 2.05) is 25.1 Å². The zero-order valence-electron chi connectivity index (χ0n) is 9.71. The first kappa shape index (κ1) is 13.7. The molecule has 0 unspecified atom stereocenters. The predicted molar refractivity (Wildman–Crippen MR) is 74.0 cm³/mol. The molecule has 1 aromatic rings. The Labute approximate surface area is 109 Å². The van der Waals surface area contributed by atoms with Crippen LogP contribution in [0.3, 0.4) is 0 Å². The molecule has 0 radical (unpaired) electrons. The molecule has 90 valence electrons. The number of rotatable bonds is 7. The number of benzene rings is 1. The number of ether oxygens (including phenoxy) is 1. The van der Waals surface area contributed by atoms with Crippen molar-refractivity contribution in [1.29, 1.82) is 0 Å². The van der Waals surface area contributed by atoms with Gasteiger partial charge in [0.05, 0.1) is 11.6 Å². The van der Waals surface area contributed by atoms with Gasteiger partial charge in [-0.1, -0.05) is 30.5 Å². The summed E-state index contributed by atoms with van der Waals surface area (Å²) in [6, 6.07) is 5.88. The molecule has 0 saturated heterocycles. The van der Waals surface area contributed by atoms with Gasteiger partial charge in [0.25, 0.3) is 0 Å². The van der Waals surface area contributed by atoms with Crippen molar-refractivity contribution in [1.82, 2.24) is 0 Å². The summed E-state index contributed by atoms with van der Waals surface area (Å²) in [6.07, 6.45) is 4.70. The van der Waals surface area contributed by atoms with E-state index in [9.17, 15) is 0 Å². The largest absolute Gasteiger partial charge is 0.492 e. The lowest BCUT2D eigenvalue weighted by Crippen LogP contribution is -1.98. The molecule has 1 aromatic carbocycles. The van der Waals surface area contributed by atoms with Crippen molar-refractivity contribution < 1.29 is 4.74 Å². The fourth-order valence-corrected chi connectivity index (χ4v) is 1.99. The minimum Gasteiger partial charge on any atom is -0.492 e. The van der Waals surface area contributed by atoms with Crippen LogP contribution in [0.2, 0.25) is 5.02 Å². The highest BCUT2D eigenvalue weighted by Crippen LogP contribution is 2.25. The zero-order valence-corrected chi connectivity index (χ0v) is 11.4. The van der Waals surface area contributed by atoms with Gasteiger partial charge >= 0.3 is 0 Å². The Morgan fingerprint density at radius 2 is 1.94 bits per heavy atom. The third-order valence-electron chi connectivity index (χ3n) is 2.40. The highest BCUT2D eigenvalue weighted by molar-refractivity contribution is 7.80. The van der Waals surface area contributed by atoms with Crippen LogP contribution in [0.4, 0.5) is 0 Å². The Hall–Kier alpha value is -0.340. The molecule has 0 aromatic heterocycles. The molecule has 0 aliphatic heterocycles. The Morgan fingerprint density at radius 3 is 2.62 bits per heavy atom. The number of halogens is 1. The lowest BCUT2D eigenvalue weighted by atomic mass is 10.2. The summed E-state index contributed by atoms with van der Waals surface area (Å²) in [6.45, 7) is 2.77. The van der Waals surface area contributed by atoms with Gasteiger partial charge in [0, 0.05) is 0 Å². The molecule has 1 nitrogen and oxygen atoms in total. The Bertz CT molecular complexity index is 315. The van der Waals surface area contributed by atoms with E-state index in [2.05, 4.69) is 12.6 Å². The first-order valence-electron chi connectivity index (χ1n) is 5.74. The summed E-state index contributed by atoms with van der Waals surface area (Å²) in [5, 5.41) is 0.704. The monoisotopic (exact) mass is 258 g/mol. The SMILES string of the molecule is Cc1ccc(OCCCCCCS)c(Cl)c1. The van der Waals surface area contributed by atoms with Crippen LogP contribution < -0.4 is 4.74 Å². The summed E-state index contributed by atoms with van der Waals surface area (Å²) >= 11 is 10.2. The highest BCUT2D eigenvalue weighted by Gasteiger charge is 2.00. The fraction of sp³-hybridized carbons (Fsp3) is 0.538. The smallest absolute Gasteiger partial charge is 0.137 e. The zero-order chi connectivity index (χ0) is 11.8. The van der Waals surface area contributed by atoms with Crippen molar-refractivity contribution >= 4 is 24.2 Å². The van der Waals surface area contributed by atoms with Gasteiger partial charge in [0.15, 0.2) is 0 Å². The molecule has 0 bridgehead atoms. The Morgan fingerprint density at radius 1 is 1.19 bits per heavy atom. The summed E-state index contributed by atoms with van der Waals surface area (Å²) in [5.74, 6) is 1.77. The van der Waals surface area contributed by atoms with E-state index in [4.69, 9.17) is 16.3 Å². The van der Waals surface area contributed by atoms with E-state index >= 15 is 0 Å². The van der Waals surface area contributed by atoms with E-state index in [1.165, 1.54) is 19.3 Å². The van der Waals surface area contributed by atoms with E-state index in [-0.39, 0.29) is 0 Å². The summed E-state index contributed by atoms with van der Waals surface area (Å²) < 4.78 is 5.62. The van der Waals surface area contributed by atoms with Gasteiger partial charge < -0.3 is 4.74 Å². The third-order valence-corrected chi connectivity index (χ3v) is 3.01. The molecule has 0 heterocycles. The van der Waals surface area contributed by atoms with Crippen LogP contribution in [0.15, 0.2) is 18.2 Å². The van der Waals surface area contributed by atoms with Gasteiger partial charge in [-0.25, -0.2) is 0 Å². The van der Waals surface area contributed by atoms with Crippen molar-refractivity contribution in [2.75, 3.05) is 12.4 Å². The van der Waals surface area contributed by atoms with E-state index in [0.717, 1.165) is 30.1 Å². The normalized spacial score (nSPS) is 10.4. The second-order valence-electron chi connectivity index (χ2n) is 3.92. The van der Waals surface area contributed by atoms with Gasteiger partial charge in [0.1, 0.15) is 5.75 Å². The highest BCUT2D eigenvalue weighted by atomic mass is 35.5. The maximum atomic E-state index is 6.06. The van der Waals surface area contributed by atoms with Crippen LogP contribution in [0.1, 0.15) is 31.2 Å². The molecule has 16 heavy (non-hydrogen) atoms. The van der Waals surface area contributed by atoms with Crippen molar-refractivity contribution in [2.45, 2.75) is 32.6 Å². The van der Waals surface area contributed by atoms with Crippen LogP contribution in [0.25, 0.3) is 0 Å². The van der Waals surface area contributed by atoms with Crippen molar-refractivity contribution in [3.05, 3.63) is 28.8 Å². The quantitative estimate of drug-likeness (QED) is 0.559. The average molecular weight is 259 g/mol. The molecule has 0 fully saturated rings. The molecule has 0 aliphatic rings. The minimum atomic E-state index is 0.704. The lowest BCUT2D eigenvalue weighted by Gasteiger charge is -2.08. The Kier molecular flexibility index (Phi) is 6.74. The van der Waals surface area contributed by atoms with Gasteiger partial charge in [-0.2, -0.15) is 12.6 Å². The summed E-state index contributed by atoms with van der Waals surface area (Å²) in [5.41, 5.74) is 1.16. The van der Waals surface area contributed by atoms with Gasteiger partial charge in [0.2, 0.25) is 0 Å². The number of hydrogen-bond donors (Lipinski definition) is 1. The summed E-state index contributed by atoms with van der Waals surface area (Å²) in [7, 11) is 0. The standard InChI is InChI=1S/C13H19ClOS/c1-11-6-7-13(12(14)10-11)15-8-4-2-3-5-9-16/h6-7,10,16H,2-5,8-9H2,1H3. The van der Waals surface area contributed by atoms with Gasteiger partial charge in [-0.15, -0.1) is 0 Å². The molecule has 0 spiro atoms. The lowest BCUT2D eigenvalue weighted by molar-refractivity contribution is 0.305. The Balaban J connectivity index is 2.21. The third kappa shape index (κ3) is 5.13. The van der Waals surface area contributed by atoms with Crippen LogP contribution in [-0.4, -0.2) is 12.4 Å². The molecular formula is C13H19ClOS.